The predicted molar refractivity (Wildman–Crippen MR) is 134 cm³/mol. The Balaban J connectivity index is 1.54. The first-order valence-corrected chi connectivity index (χ1v) is 11.5. The molecule has 0 aliphatic carbocycles. The topological polar surface area (TPSA) is 35.6 Å². The standard InChI is InChI=1S/C26H27Cl2N3O/c1-30(2)13-11-29-26(32)21-5-3-4-19(14-21)20-7-6-18-10-12-31(25(18)15-20)17-22-8-9-23(27)16-24(22)28/h3-9,14-16H,10-13,17H2,1-2H3,(H,29,32). The highest BCUT2D eigenvalue weighted by Crippen LogP contribution is 2.35. The molecule has 4 nitrogen and oxygen atoms in total. The number of carbonyl (C=O) groups is 1. The minimum atomic E-state index is -0.0473. The van der Waals surface area contributed by atoms with Gasteiger partial charge in [-0.05, 0) is 73.1 Å². The summed E-state index contributed by atoms with van der Waals surface area (Å²) in [6.45, 7) is 3.12. The molecule has 4 rings (SSSR count). The van der Waals surface area contributed by atoms with E-state index >= 15 is 0 Å². The van der Waals surface area contributed by atoms with E-state index in [9.17, 15) is 4.79 Å². The molecule has 1 aliphatic rings. The quantitative estimate of drug-likeness (QED) is 0.497. The molecule has 0 bridgehead atoms. The zero-order valence-electron chi connectivity index (χ0n) is 18.4. The summed E-state index contributed by atoms with van der Waals surface area (Å²) >= 11 is 12.5. The van der Waals surface area contributed by atoms with E-state index < -0.39 is 0 Å². The van der Waals surface area contributed by atoms with Crippen LogP contribution in [0.15, 0.2) is 60.7 Å². The molecule has 0 atom stereocenters. The Hall–Kier alpha value is -2.53. The summed E-state index contributed by atoms with van der Waals surface area (Å²) in [6.07, 6.45) is 1.01. The van der Waals surface area contributed by atoms with Crippen molar-refractivity contribution in [1.29, 1.82) is 0 Å². The smallest absolute Gasteiger partial charge is 0.251 e. The Morgan fingerprint density at radius 1 is 1.03 bits per heavy atom. The maximum atomic E-state index is 12.5. The number of rotatable bonds is 7. The van der Waals surface area contributed by atoms with Crippen LogP contribution in [0, 0.1) is 0 Å². The van der Waals surface area contributed by atoms with Gasteiger partial charge in [-0.1, -0.05) is 53.5 Å². The van der Waals surface area contributed by atoms with E-state index in [0.717, 1.165) is 42.7 Å². The Morgan fingerprint density at radius 2 is 1.84 bits per heavy atom. The van der Waals surface area contributed by atoms with Gasteiger partial charge in [-0.15, -0.1) is 0 Å². The molecule has 3 aromatic carbocycles. The maximum Gasteiger partial charge on any atom is 0.251 e. The van der Waals surface area contributed by atoms with Crippen LogP contribution in [-0.2, 0) is 13.0 Å². The third-order valence-electron chi connectivity index (χ3n) is 5.76. The fraction of sp³-hybridized carbons (Fsp3) is 0.269. The van der Waals surface area contributed by atoms with Gasteiger partial charge in [0.1, 0.15) is 0 Å². The first kappa shape index (κ1) is 22.7. The zero-order chi connectivity index (χ0) is 22.7. The highest BCUT2D eigenvalue weighted by atomic mass is 35.5. The van der Waals surface area contributed by atoms with E-state index in [4.69, 9.17) is 23.2 Å². The van der Waals surface area contributed by atoms with Gasteiger partial charge in [0.2, 0.25) is 0 Å². The molecule has 166 valence electrons. The molecule has 0 saturated carbocycles. The summed E-state index contributed by atoms with van der Waals surface area (Å²) < 4.78 is 0. The Labute approximate surface area is 199 Å². The second kappa shape index (κ2) is 9.95. The molecule has 1 amide bonds. The van der Waals surface area contributed by atoms with Gasteiger partial charge in [0, 0.05) is 47.5 Å². The van der Waals surface area contributed by atoms with Crippen molar-refractivity contribution in [2.75, 3.05) is 38.6 Å². The summed E-state index contributed by atoms with van der Waals surface area (Å²) in [6, 6.07) is 20.0. The molecule has 1 aliphatic heterocycles. The zero-order valence-corrected chi connectivity index (χ0v) is 19.9. The van der Waals surface area contributed by atoms with Crippen LogP contribution in [0.3, 0.4) is 0 Å². The number of nitrogens with zero attached hydrogens (tertiary/aromatic N) is 2. The lowest BCUT2D eigenvalue weighted by atomic mass is 10.00. The van der Waals surface area contributed by atoms with Crippen LogP contribution in [-0.4, -0.2) is 44.5 Å². The summed E-state index contributed by atoms with van der Waals surface area (Å²) in [5.41, 5.74) is 6.41. The van der Waals surface area contributed by atoms with Gasteiger partial charge >= 0.3 is 0 Å². The lowest BCUT2D eigenvalue weighted by Gasteiger charge is -2.21. The summed E-state index contributed by atoms with van der Waals surface area (Å²) in [7, 11) is 3.98. The van der Waals surface area contributed by atoms with E-state index in [1.54, 1.807) is 6.07 Å². The van der Waals surface area contributed by atoms with Crippen molar-refractivity contribution in [1.82, 2.24) is 10.2 Å². The molecule has 0 saturated heterocycles. The van der Waals surface area contributed by atoms with Crippen LogP contribution in [0.25, 0.3) is 11.1 Å². The normalized spacial score (nSPS) is 12.8. The number of benzene rings is 3. The first-order valence-electron chi connectivity index (χ1n) is 10.8. The predicted octanol–water partition coefficient (Wildman–Crippen LogP) is 5.51. The summed E-state index contributed by atoms with van der Waals surface area (Å²) in [5.74, 6) is -0.0473. The fourth-order valence-corrected chi connectivity index (χ4v) is 4.45. The van der Waals surface area contributed by atoms with Crippen LogP contribution in [0.2, 0.25) is 10.0 Å². The lowest BCUT2D eigenvalue weighted by molar-refractivity contribution is 0.0951. The van der Waals surface area contributed by atoms with Crippen LogP contribution >= 0.6 is 23.2 Å². The van der Waals surface area contributed by atoms with Gasteiger partial charge in [0.15, 0.2) is 0 Å². The third-order valence-corrected chi connectivity index (χ3v) is 6.34. The highest BCUT2D eigenvalue weighted by molar-refractivity contribution is 6.35. The molecule has 3 aromatic rings. The maximum absolute atomic E-state index is 12.5. The third kappa shape index (κ3) is 5.26. The van der Waals surface area contributed by atoms with E-state index in [1.807, 2.05) is 55.4 Å². The monoisotopic (exact) mass is 467 g/mol. The number of hydrogen-bond acceptors (Lipinski definition) is 3. The number of hydrogen-bond donors (Lipinski definition) is 1. The van der Waals surface area contributed by atoms with Crippen LogP contribution in [0.4, 0.5) is 5.69 Å². The van der Waals surface area contributed by atoms with E-state index in [0.29, 0.717) is 22.2 Å². The molecule has 0 unspecified atom stereocenters. The average Bonchev–Trinajstić information content (AvgIpc) is 3.17. The number of fused-ring (bicyclic) bond motifs is 1. The van der Waals surface area contributed by atoms with E-state index in [-0.39, 0.29) is 5.91 Å². The second-order valence-corrected chi connectivity index (χ2v) is 9.23. The van der Waals surface area contributed by atoms with Gasteiger partial charge in [0.05, 0.1) is 0 Å². The van der Waals surface area contributed by atoms with Gasteiger partial charge in [-0.25, -0.2) is 0 Å². The van der Waals surface area contributed by atoms with Crippen LogP contribution in [0.1, 0.15) is 21.5 Å². The second-order valence-electron chi connectivity index (χ2n) is 8.39. The van der Waals surface area contributed by atoms with E-state index in [1.165, 1.54) is 11.3 Å². The van der Waals surface area contributed by atoms with Crippen molar-refractivity contribution in [3.8, 4) is 11.1 Å². The number of nitrogens with one attached hydrogen (secondary N) is 1. The SMILES string of the molecule is CN(C)CCNC(=O)c1cccc(-c2ccc3c(c2)N(Cc2ccc(Cl)cc2Cl)CC3)c1. The van der Waals surface area contributed by atoms with Gasteiger partial charge < -0.3 is 15.1 Å². The lowest BCUT2D eigenvalue weighted by Crippen LogP contribution is -2.31. The number of amides is 1. The number of carbonyl (C=O) groups excluding carboxylic acids is 1. The minimum absolute atomic E-state index is 0.0473. The van der Waals surface area contributed by atoms with Gasteiger partial charge in [-0.2, -0.15) is 0 Å². The first-order chi connectivity index (χ1) is 15.4. The van der Waals surface area contributed by atoms with Crippen molar-refractivity contribution < 1.29 is 4.79 Å². The molecule has 0 radical (unpaired) electrons. The minimum Gasteiger partial charge on any atom is -0.367 e. The molecule has 0 spiro atoms. The molecule has 32 heavy (non-hydrogen) atoms. The number of anilines is 1. The Morgan fingerprint density at radius 3 is 2.62 bits per heavy atom. The van der Waals surface area contributed by atoms with E-state index in [2.05, 4.69) is 28.4 Å². The Bertz CT molecular complexity index is 1130. The molecular formula is C26H27Cl2N3O. The summed E-state index contributed by atoms with van der Waals surface area (Å²) in [5, 5.41) is 4.32. The molecule has 0 fully saturated rings. The van der Waals surface area contributed by atoms with Gasteiger partial charge in [-0.3, -0.25) is 4.79 Å². The van der Waals surface area contributed by atoms with Crippen molar-refractivity contribution in [3.05, 3.63) is 87.4 Å². The largest absolute Gasteiger partial charge is 0.367 e. The number of halogens is 2. The molecule has 6 heteroatoms. The van der Waals surface area contributed by atoms with Crippen molar-refractivity contribution >= 4 is 34.8 Å². The summed E-state index contributed by atoms with van der Waals surface area (Å²) in [4.78, 5) is 16.9. The highest BCUT2D eigenvalue weighted by Gasteiger charge is 2.21. The Kier molecular flexibility index (Phi) is 7.04. The van der Waals surface area contributed by atoms with Gasteiger partial charge in [0.25, 0.3) is 5.91 Å². The average molecular weight is 468 g/mol. The molecule has 1 heterocycles. The van der Waals surface area contributed by atoms with Crippen molar-refractivity contribution in [2.45, 2.75) is 13.0 Å². The van der Waals surface area contributed by atoms with Crippen molar-refractivity contribution in [2.24, 2.45) is 0 Å². The molecule has 1 N–H and O–H groups in total. The molecule has 0 aromatic heterocycles. The molecular weight excluding hydrogens is 441 g/mol. The van der Waals surface area contributed by atoms with Crippen molar-refractivity contribution in [3.63, 3.8) is 0 Å². The van der Waals surface area contributed by atoms with Crippen LogP contribution in [0.5, 0.6) is 0 Å². The van der Waals surface area contributed by atoms with Crippen LogP contribution < -0.4 is 10.2 Å². The number of likely N-dealkylation sites (N-methyl/N-ethyl adjacent to an activating group) is 1. The fourth-order valence-electron chi connectivity index (χ4n) is 3.98.